The van der Waals surface area contributed by atoms with Gasteiger partial charge in [-0.15, -0.1) is 0 Å². The number of hydrogen-bond acceptors (Lipinski definition) is 2. The fourth-order valence-corrected chi connectivity index (χ4v) is 2.93. The molecule has 0 bridgehead atoms. The summed E-state index contributed by atoms with van der Waals surface area (Å²) in [5.41, 5.74) is 0.784. The third-order valence-electron chi connectivity index (χ3n) is 4.26. The minimum atomic E-state index is -4.49. The number of benzene rings is 1. The van der Waals surface area contributed by atoms with Crippen LogP contribution in [0.4, 0.5) is 17.6 Å². The van der Waals surface area contributed by atoms with Crippen LogP contribution in [0, 0.1) is 5.82 Å². The van der Waals surface area contributed by atoms with Gasteiger partial charge in [0.05, 0.1) is 0 Å². The Balaban J connectivity index is 1.95. The maximum absolute atomic E-state index is 13.0. The molecule has 138 valence electrons. The molecule has 2 rings (SSSR count). The van der Waals surface area contributed by atoms with Crippen molar-refractivity contribution in [2.45, 2.75) is 44.3 Å². The van der Waals surface area contributed by atoms with Crippen LogP contribution in [0.5, 0.6) is 0 Å². The smallest absolute Gasteiger partial charge is 0.345 e. The predicted molar refractivity (Wildman–Crippen MR) is 83.2 cm³/mol. The second kappa shape index (κ2) is 7.84. The first-order valence-corrected chi connectivity index (χ1v) is 8.07. The molecule has 8 heteroatoms. The first kappa shape index (κ1) is 19.2. The van der Waals surface area contributed by atoms with E-state index in [1.165, 1.54) is 17.0 Å². The van der Waals surface area contributed by atoms with Crippen molar-refractivity contribution in [1.29, 1.82) is 0 Å². The summed E-state index contributed by atoms with van der Waals surface area (Å²) >= 11 is 0. The molecule has 1 aliphatic rings. The van der Waals surface area contributed by atoms with Crippen LogP contribution in [0.2, 0.25) is 0 Å². The molecule has 0 unspecified atom stereocenters. The van der Waals surface area contributed by atoms with E-state index in [4.69, 9.17) is 0 Å². The predicted octanol–water partition coefficient (Wildman–Crippen LogP) is 2.99. The molecule has 2 atom stereocenters. The van der Waals surface area contributed by atoms with Crippen LogP contribution in [-0.4, -0.2) is 42.0 Å². The minimum Gasteiger partial charge on any atom is -0.345 e. The lowest BCUT2D eigenvalue weighted by Gasteiger charge is -2.25. The minimum absolute atomic E-state index is 0.106. The molecule has 4 nitrogen and oxygen atoms in total. The number of carbonyl (C=O) groups is 2. The Morgan fingerprint density at radius 3 is 2.52 bits per heavy atom. The lowest BCUT2D eigenvalue weighted by Crippen LogP contribution is -2.48. The molecular formula is C17H20F4N2O2. The van der Waals surface area contributed by atoms with Crippen LogP contribution in [-0.2, 0) is 9.59 Å². The molecule has 1 saturated heterocycles. The molecule has 25 heavy (non-hydrogen) atoms. The molecule has 1 heterocycles. The zero-order valence-corrected chi connectivity index (χ0v) is 13.8. The molecule has 0 aliphatic carbocycles. The third-order valence-corrected chi connectivity index (χ3v) is 4.26. The average molecular weight is 360 g/mol. The zero-order valence-electron chi connectivity index (χ0n) is 13.8. The van der Waals surface area contributed by atoms with E-state index in [0.717, 1.165) is 5.56 Å². The van der Waals surface area contributed by atoms with E-state index in [1.54, 1.807) is 19.1 Å². The van der Waals surface area contributed by atoms with Crippen LogP contribution in [0.25, 0.3) is 0 Å². The summed E-state index contributed by atoms with van der Waals surface area (Å²) in [5, 5.41) is 1.84. The van der Waals surface area contributed by atoms with Crippen LogP contribution in [0.3, 0.4) is 0 Å². The van der Waals surface area contributed by atoms with Gasteiger partial charge in [-0.2, -0.15) is 13.2 Å². The molecule has 0 radical (unpaired) electrons. The first-order chi connectivity index (χ1) is 11.7. The lowest BCUT2D eigenvalue weighted by atomic mass is 9.97. The normalized spacial score (nSPS) is 18.9. The second-order valence-electron chi connectivity index (χ2n) is 6.23. The second-order valence-corrected chi connectivity index (χ2v) is 6.23. The van der Waals surface area contributed by atoms with Gasteiger partial charge in [0.15, 0.2) is 0 Å². The van der Waals surface area contributed by atoms with Gasteiger partial charge >= 0.3 is 6.18 Å². The van der Waals surface area contributed by atoms with Crippen molar-refractivity contribution in [3.63, 3.8) is 0 Å². The molecule has 0 aromatic heterocycles. The number of amides is 2. The molecule has 2 amide bonds. The molecule has 0 spiro atoms. The van der Waals surface area contributed by atoms with Gasteiger partial charge in [0.1, 0.15) is 18.4 Å². The Bertz CT molecular complexity index is 616. The van der Waals surface area contributed by atoms with E-state index < -0.39 is 24.7 Å². The van der Waals surface area contributed by atoms with Gasteiger partial charge in [0, 0.05) is 13.0 Å². The van der Waals surface area contributed by atoms with E-state index in [-0.39, 0.29) is 24.1 Å². The molecule has 1 aromatic rings. The number of carbonyl (C=O) groups excluding carboxylic acids is 2. The SMILES string of the molecule is C[C@H](CC(=O)N1CCC[C@H]1C(=O)NCC(F)(F)F)c1ccc(F)cc1. The number of rotatable bonds is 5. The van der Waals surface area contributed by atoms with Gasteiger partial charge in [0.2, 0.25) is 11.8 Å². The molecule has 0 saturated carbocycles. The van der Waals surface area contributed by atoms with Gasteiger partial charge in [-0.1, -0.05) is 19.1 Å². The largest absolute Gasteiger partial charge is 0.405 e. The Labute approximate surface area is 143 Å². The third kappa shape index (κ3) is 5.44. The van der Waals surface area contributed by atoms with Crippen molar-refractivity contribution < 1.29 is 27.2 Å². The van der Waals surface area contributed by atoms with Gasteiger partial charge in [0.25, 0.3) is 0 Å². The number of nitrogens with zero attached hydrogens (tertiary/aromatic N) is 1. The van der Waals surface area contributed by atoms with Crippen molar-refractivity contribution in [3.05, 3.63) is 35.6 Å². The summed E-state index contributed by atoms with van der Waals surface area (Å²) in [6.07, 6.45) is -3.46. The van der Waals surface area contributed by atoms with Gasteiger partial charge < -0.3 is 10.2 Å². The van der Waals surface area contributed by atoms with Gasteiger partial charge in [-0.25, -0.2) is 4.39 Å². The summed E-state index contributed by atoms with van der Waals surface area (Å²) < 4.78 is 49.6. The van der Waals surface area contributed by atoms with Gasteiger partial charge in [-0.3, -0.25) is 9.59 Å². The van der Waals surface area contributed by atoms with Crippen molar-refractivity contribution in [2.24, 2.45) is 0 Å². The topological polar surface area (TPSA) is 49.4 Å². The highest BCUT2D eigenvalue weighted by atomic mass is 19.4. The summed E-state index contributed by atoms with van der Waals surface area (Å²) in [6.45, 7) is 0.745. The van der Waals surface area contributed by atoms with Gasteiger partial charge in [-0.05, 0) is 36.5 Å². The number of alkyl halides is 3. The Kier molecular flexibility index (Phi) is 6.02. The van der Waals surface area contributed by atoms with Crippen LogP contribution in [0.15, 0.2) is 24.3 Å². The summed E-state index contributed by atoms with van der Waals surface area (Å²) in [6, 6.07) is 4.92. The molecule has 1 N–H and O–H groups in total. The number of likely N-dealkylation sites (tertiary alicyclic amines) is 1. The lowest BCUT2D eigenvalue weighted by molar-refractivity contribution is -0.144. The Hall–Kier alpha value is -2.12. The fraction of sp³-hybridized carbons (Fsp3) is 0.529. The Morgan fingerprint density at radius 2 is 1.92 bits per heavy atom. The molecule has 1 aliphatic heterocycles. The summed E-state index contributed by atoms with van der Waals surface area (Å²) in [4.78, 5) is 25.8. The van der Waals surface area contributed by atoms with E-state index in [2.05, 4.69) is 0 Å². The number of halogens is 4. The molecule has 1 aromatic carbocycles. The average Bonchev–Trinajstić information content (AvgIpc) is 3.02. The van der Waals surface area contributed by atoms with Crippen LogP contribution >= 0.6 is 0 Å². The first-order valence-electron chi connectivity index (χ1n) is 8.07. The van der Waals surface area contributed by atoms with E-state index in [1.807, 2.05) is 5.32 Å². The van der Waals surface area contributed by atoms with Crippen molar-refractivity contribution in [1.82, 2.24) is 10.2 Å². The maximum Gasteiger partial charge on any atom is 0.405 e. The molecule has 1 fully saturated rings. The monoisotopic (exact) mass is 360 g/mol. The number of hydrogen-bond donors (Lipinski definition) is 1. The highest BCUT2D eigenvalue weighted by Gasteiger charge is 2.36. The van der Waals surface area contributed by atoms with E-state index >= 15 is 0 Å². The summed E-state index contributed by atoms with van der Waals surface area (Å²) in [5.74, 6) is -1.63. The highest BCUT2D eigenvalue weighted by molar-refractivity contribution is 5.88. The van der Waals surface area contributed by atoms with Crippen molar-refractivity contribution >= 4 is 11.8 Å². The number of nitrogens with one attached hydrogen (secondary N) is 1. The van der Waals surface area contributed by atoms with E-state index in [0.29, 0.717) is 19.4 Å². The van der Waals surface area contributed by atoms with Crippen LogP contribution in [0.1, 0.15) is 37.7 Å². The Morgan fingerprint density at radius 1 is 1.28 bits per heavy atom. The summed E-state index contributed by atoms with van der Waals surface area (Å²) in [7, 11) is 0. The van der Waals surface area contributed by atoms with Crippen molar-refractivity contribution in [2.75, 3.05) is 13.1 Å². The quantitative estimate of drug-likeness (QED) is 0.821. The van der Waals surface area contributed by atoms with Crippen LogP contribution < -0.4 is 5.32 Å². The standard InChI is InChI=1S/C17H20F4N2O2/c1-11(12-4-6-13(18)7-5-12)9-15(24)23-8-2-3-14(23)16(25)22-10-17(19,20)21/h4-7,11,14H,2-3,8-10H2,1H3,(H,22,25)/t11-,14+/m1/s1. The van der Waals surface area contributed by atoms with Crippen molar-refractivity contribution in [3.8, 4) is 0 Å². The maximum atomic E-state index is 13.0. The fourth-order valence-electron chi connectivity index (χ4n) is 2.93. The highest BCUT2D eigenvalue weighted by Crippen LogP contribution is 2.24. The molecular weight excluding hydrogens is 340 g/mol. The zero-order chi connectivity index (χ0) is 18.6. The van der Waals surface area contributed by atoms with E-state index in [9.17, 15) is 27.2 Å².